The minimum absolute atomic E-state index is 0.246. The van der Waals surface area contributed by atoms with E-state index in [1.54, 1.807) is 0 Å². The number of amides is 3. The zero-order chi connectivity index (χ0) is 14.4. The fraction of sp³-hybridized carbons (Fsp3) is 0.467. The highest BCUT2D eigenvalue weighted by Gasteiger charge is 2.26. The van der Waals surface area contributed by atoms with Crippen molar-refractivity contribution in [2.75, 3.05) is 20.1 Å². The fourth-order valence-electron chi connectivity index (χ4n) is 2.63. The molecule has 1 aliphatic heterocycles. The molecule has 1 aliphatic rings. The van der Waals surface area contributed by atoms with Crippen LogP contribution >= 0.6 is 0 Å². The van der Waals surface area contributed by atoms with Gasteiger partial charge in [0.2, 0.25) is 5.91 Å². The van der Waals surface area contributed by atoms with Crippen molar-refractivity contribution in [3.63, 3.8) is 0 Å². The first-order valence-corrected chi connectivity index (χ1v) is 6.98. The number of carbonyl (C=O) groups excluding carboxylic acids is 2. The number of urea groups is 1. The van der Waals surface area contributed by atoms with Crippen molar-refractivity contribution >= 4 is 11.9 Å². The van der Waals surface area contributed by atoms with Crippen molar-refractivity contribution in [3.05, 3.63) is 35.9 Å². The van der Waals surface area contributed by atoms with Crippen LogP contribution in [0.25, 0.3) is 0 Å². The van der Waals surface area contributed by atoms with Crippen molar-refractivity contribution in [1.82, 2.24) is 15.5 Å². The number of imide groups is 1. The Morgan fingerprint density at radius 3 is 2.75 bits per heavy atom. The quantitative estimate of drug-likeness (QED) is 0.866. The highest BCUT2D eigenvalue weighted by atomic mass is 16.2. The van der Waals surface area contributed by atoms with Crippen LogP contribution in [0.5, 0.6) is 0 Å². The van der Waals surface area contributed by atoms with Gasteiger partial charge >= 0.3 is 6.03 Å². The molecule has 5 nitrogen and oxygen atoms in total. The minimum Gasteiger partial charge on any atom is -0.341 e. The lowest BCUT2D eigenvalue weighted by Gasteiger charge is -2.23. The Hall–Kier alpha value is -1.88. The van der Waals surface area contributed by atoms with Gasteiger partial charge in [-0.3, -0.25) is 15.0 Å². The molecule has 0 radical (unpaired) electrons. The van der Waals surface area contributed by atoms with Gasteiger partial charge in [-0.25, -0.2) is 4.79 Å². The van der Waals surface area contributed by atoms with E-state index in [4.69, 9.17) is 0 Å². The average molecular weight is 275 g/mol. The first kappa shape index (κ1) is 14.5. The van der Waals surface area contributed by atoms with Gasteiger partial charge < -0.3 is 5.32 Å². The Balaban J connectivity index is 1.87. The molecule has 2 N–H and O–H groups in total. The molecule has 108 valence electrons. The van der Waals surface area contributed by atoms with E-state index >= 15 is 0 Å². The van der Waals surface area contributed by atoms with Gasteiger partial charge in [0, 0.05) is 13.1 Å². The van der Waals surface area contributed by atoms with E-state index in [2.05, 4.69) is 27.7 Å². The van der Waals surface area contributed by atoms with E-state index in [0.29, 0.717) is 6.04 Å². The van der Waals surface area contributed by atoms with E-state index < -0.39 is 6.03 Å². The molecule has 0 saturated carbocycles. The number of hydrogen-bond donors (Lipinski definition) is 2. The van der Waals surface area contributed by atoms with Gasteiger partial charge in [0.1, 0.15) is 0 Å². The van der Waals surface area contributed by atoms with E-state index in [1.807, 2.05) is 18.2 Å². The molecule has 1 saturated heterocycles. The maximum atomic E-state index is 11.8. The zero-order valence-corrected chi connectivity index (χ0v) is 11.8. The second-order valence-electron chi connectivity index (χ2n) is 5.08. The fourth-order valence-corrected chi connectivity index (χ4v) is 2.63. The molecule has 1 heterocycles. The Morgan fingerprint density at radius 1 is 1.30 bits per heavy atom. The number of rotatable bonds is 4. The van der Waals surface area contributed by atoms with Crippen LogP contribution in [0.1, 0.15) is 18.4 Å². The van der Waals surface area contributed by atoms with Crippen LogP contribution in [0.4, 0.5) is 4.79 Å². The molecule has 0 aliphatic carbocycles. The molecule has 3 amide bonds. The molecule has 1 aromatic carbocycles. The molecule has 0 spiro atoms. The summed E-state index contributed by atoms with van der Waals surface area (Å²) in [6, 6.07) is 10.2. The van der Waals surface area contributed by atoms with Gasteiger partial charge in [-0.2, -0.15) is 0 Å². The van der Waals surface area contributed by atoms with Crippen molar-refractivity contribution in [2.45, 2.75) is 25.3 Å². The monoisotopic (exact) mass is 275 g/mol. The lowest BCUT2D eigenvalue weighted by molar-refractivity contribution is -0.121. The summed E-state index contributed by atoms with van der Waals surface area (Å²) >= 11 is 0. The van der Waals surface area contributed by atoms with E-state index in [0.717, 1.165) is 25.8 Å². The molecular formula is C15H21N3O2. The number of nitrogens with zero attached hydrogens (tertiary/aromatic N) is 1. The van der Waals surface area contributed by atoms with Crippen molar-refractivity contribution in [1.29, 1.82) is 0 Å². The zero-order valence-electron chi connectivity index (χ0n) is 11.8. The maximum Gasteiger partial charge on any atom is 0.321 e. The standard InChI is InChI=1S/C15H21N3O2/c1-16-15(20)17-14(19)11-18-9-5-8-13(18)10-12-6-3-2-4-7-12/h2-4,6-7,13H,5,8-11H2,1H3,(H2,16,17,19,20). The molecule has 1 atom stereocenters. The lowest BCUT2D eigenvalue weighted by atomic mass is 10.0. The van der Waals surface area contributed by atoms with Crippen molar-refractivity contribution in [2.24, 2.45) is 0 Å². The minimum atomic E-state index is -0.450. The predicted molar refractivity (Wildman–Crippen MR) is 77.3 cm³/mol. The van der Waals surface area contributed by atoms with E-state index in [1.165, 1.54) is 12.6 Å². The molecular weight excluding hydrogens is 254 g/mol. The highest BCUT2D eigenvalue weighted by Crippen LogP contribution is 2.20. The smallest absolute Gasteiger partial charge is 0.321 e. The number of likely N-dealkylation sites (tertiary alicyclic amines) is 1. The average Bonchev–Trinajstić information content (AvgIpc) is 2.86. The molecule has 5 heteroatoms. The van der Waals surface area contributed by atoms with Crippen LogP contribution in [0.3, 0.4) is 0 Å². The summed E-state index contributed by atoms with van der Waals surface area (Å²) in [4.78, 5) is 25.0. The molecule has 20 heavy (non-hydrogen) atoms. The number of hydrogen-bond acceptors (Lipinski definition) is 3. The van der Waals surface area contributed by atoms with Gasteiger partial charge in [0.05, 0.1) is 6.54 Å². The molecule has 1 fully saturated rings. The largest absolute Gasteiger partial charge is 0.341 e. The summed E-state index contributed by atoms with van der Waals surface area (Å²) in [5, 5.41) is 4.69. The SMILES string of the molecule is CNC(=O)NC(=O)CN1CCCC1Cc1ccccc1. The van der Waals surface area contributed by atoms with Crippen molar-refractivity contribution in [3.8, 4) is 0 Å². The molecule has 1 unspecified atom stereocenters. The third-order valence-electron chi connectivity index (χ3n) is 3.64. The summed E-state index contributed by atoms with van der Waals surface area (Å²) in [7, 11) is 1.50. The second kappa shape index (κ2) is 7.05. The van der Waals surface area contributed by atoms with Gasteiger partial charge in [-0.05, 0) is 31.4 Å². The highest BCUT2D eigenvalue weighted by molar-refractivity contribution is 5.95. The Labute approximate surface area is 119 Å². The summed E-state index contributed by atoms with van der Waals surface area (Å²) < 4.78 is 0. The van der Waals surface area contributed by atoms with Crippen LogP contribution < -0.4 is 10.6 Å². The van der Waals surface area contributed by atoms with Crippen LogP contribution in [0.2, 0.25) is 0 Å². The van der Waals surface area contributed by atoms with E-state index in [-0.39, 0.29) is 12.5 Å². The van der Waals surface area contributed by atoms with Gasteiger partial charge in [-0.1, -0.05) is 30.3 Å². The number of benzene rings is 1. The molecule has 1 aromatic rings. The van der Waals surface area contributed by atoms with Crippen LogP contribution in [0, 0.1) is 0 Å². The first-order chi connectivity index (χ1) is 9.69. The Morgan fingerprint density at radius 2 is 2.05 bits per heavy atom. The maximum absolute atomic E-state index is 11.8. The van der Waals surface area contributed by atoms with Crippen molar-refractivity contribution < 1.29 is 9.59 Å². The second-order valence-corrected chi connectivity index (χ2v) is 5.08. The first-order valence-electron chi connectivity index (χ1n) is 6.98. The van der Waals surface area contributed by atoms with Crippen LogP contribution in [-0.2, 0) is 11.2 Å². The Bertz CT molecular complexity index is 461. The predicted octanol–water partition coefficient (Wildman–Crippen LogP) is 1.15. The molecule has 0 bridgehead atoms. The molecule has 0 aromatic heterocycles. The van der Waals surface area contributed by atoms with Crippen LogP contribution in [-0.4, -0.2) is 43.0 Å². The number of nitrogens with one attached hydrogen (secondary N) is 2. The summed E-state index contributed by atoms with van der Waals surface area (Å²) in [5.41, 5.74) is 1.29. The lowest BCUT2D eigenvalue weighted by Crippen LogP contribution is -2.45. The van der Waals surface area contributed by atoms with E-state index in [9.17, 15) is 9.59 Å². The van der Waals surface area contributed by atoms with Gasteiger partial charge in [0.25, 0.3) is 0 Å². The summed E-state index contributed by atoms with van der Waals surface area (Å²) in [6.07, 6.45) is 3.15. The number of carbonyl (C=O) groups is 2. The summed E-state index contributed by atoms with van der Waals surface area (Å²) in [6.45, 7) is 1.20. The van der Waals surface area contributed by atoms with Gasteiger partial charge in [-0.15, -0.1) is 0 Å². The summed E-state index contributed by atoms with van der Waals surface area (Å²) in [5.74, 6) is -0.246. The normalized spacial score (nSPS) is 18.8. The molecule has 2 rings (SSSR count). The third kappa shape index (κ3) is 4.06. The topological polar surface area (TPSA) is 61.4 Å². The Kier molecular flexibility index (Phi) is 5.12. The van der Waals surface area contributed by atoms with Gasteiger partial charge in [0.15, 0.2) is 0 Å². The third-order valence-corrected chi connectivity index (χ3v) is 3.64. The van der Waals surface area contributed by atoms with Crippen LogP contribution in [0.15, 0.2) is 30.3 Å².